The first-order valence-corrected chi connectivity index (χ1v) is 8.15. The van der Waals surface area contributed by atoms with Crippen LogP contribution in [0.15, 0.2) is 28.7 Å². The average molecular weight is 320 g/mol. The molecule has 0 aliphatic heterocycles. The SMILES string of the molecule is CCCCS(=O)(=O)N[C@H](C)c1ccccc1Br. The van der Waals surface area contributed by atoms with Crippen LogP contribution in [0.1, 0.15) is 38.3 Å². The standard InChI is InChI=1S/C12H18BrNO2S/c1-3-4-9-17(15,16)14-10(2)11-7-5-6-8-12(11)13/h5-8,10,14H,3-4,9H2,1-2H3/t10-/m1/s1. The summed E-state index contributed by atoms with van der Waals surface area (Å²) < 4.78 is 27.1. The number of sulfonamides is 1. The quantitative estimate of drug-likeness (QED) is 0.875. The average Bonchev–Trinajstić information content (AvgIpc) is 2.26. The van der Waals surface area contributed by atoms with E-state index in [0.717, 1.165) is 16.5 Å². The number of nitrogens with one attached hydrogen (secondary N) is 1. The molecule has 1 N–H and O–H groups in total. The van der Waals surface area contributed by atoms with Crippen molar-refractivity contribution in [3.63, 3.8) is 0 Å². The molecule has 1 rings (SSSR count). The molecule has 0 amide bonds. The third-order valence-electron chi connectivity index (χ3n) is 2.49. The lowest BCUT2D eigenvalue weighted by Crippen LogP contribution is -2.29. The summed E-state index contributed by atoms with van der Waals surface area (Å²) in [6.45, 7) is 3.83. The highest BCUT2D eigenvalue weighted by Gasteiger charge is 2.16. The van der Waals surface area contributed by atoms with Crippen LogP contribution in [0.4, 0.5) is 0 Å². The predicted octanol–water partition coefficient (Wildman–Crippen LogP) is 3.23. The van der Waals surface area contributed by atoms with E-state index >= 15 is 0 Å². The van der Waals surface area contributed by atoms with Crippen molar-refractivity contribution >= 4 is 26.0 Å². The Morgan fingerprint density at radius 2 is 2.00 bits per heavy atom. The fourth-order valence-electron chi connectivity index (χ4n) is 1.55. The maximum atomic E-state index is 11.8. The third-order valence-corrected chi connectivity index (χ3v) is 4.76. The normalized spacial score (nSPS) is 13.6. The van der Waals surface area contributed by atoms with Crippen molar-refractivity contribution in [2.24, 2.45) is 0 Å². The van der Waals surface area contributed by atoms with E-state index < -0.39 is 10.0 Å². The largest absolute Gasteiger partial charge is 0.212 e. The third kappa shape index (κ3) is 4.77. The summed E-state index contributed by atoms with van der Waals surface area (Å²) in [5.41, 5.74) is 0.951. The Balaban J connectivity index is 2.73. The van der Waals surface area contributed by atoms with Gasteiger partial charge in [-0.1, -0.05) is 47.5 Å². The van der Waals surface area contributed by atoms with Gasteiger partial charge in [-0.25, -0.2) is 13.1 Å². The Labute approximate surface area is 112 Å². The zero-order chi connectivity index (χ0) is 12.9. The van der Waals surface area contributed by atoms with E-state index in [2.05, 4.69) is 20.7 Å². The zero-order valence-corrected chi connectivity index (χ0v) is 12.5. The summed E-state index contributed by atoms with van der Waals surface area (Å²) in [6.07, 6.45) is 1.57. The van der Waals surface area contributed by atoms with Crippen molar-refractivity contribution in [1.82, 2.24) is 4.72 Å². The van der Waals surface area contributed by atoms with E-state index in [9.17, 15) is 8.42 Å². The summed E-state index contributed by atoms with van der Waals surface area (Å²) in [6, 6.07) is 7.42. The van der Waals surface area contributed by atoms with Crippen LogP contribution < -0.4 is 4.72 Å². The summed E-state index contributed by atoms with van der Waals surface area (Å²) in [5.74, 6) is 0.193. The second-order valence-electron chi connectivity index (χ2n) is 4.03. The van der Waals surface area contributed by atoms with Crippen molar-refractivity contribution in [3.8, 4) is 0 Å². The lowest BCUT2D eigenvalue weighted by atomic mass is 10.1. The highest BCUT2D eigenvalue weighted by Crippen LogP contribution is 2.23. The molecule has 0 fully saturated rings. The fourth-order valence-corrected chi connectivity index (χ4v) is 3.63. The van der Waals surface area contributed by atoms with Gasteiger partial charge in [0, 0.05) is 10.5 Å². The minimum Gasteiger partial charge on any atom is -0.212 e. The molecule has 0 aliphatic rings. The molecule has 1 aromatic rings. The molecule has 3 nitrogen and oxygen atoms in total. The van der Waals surface area contributed by atoms with E-state index in [0.29, 0.717) is 6.42 Å². The van der Waals surface area contributed by atoms with Crippen molar-refractivity contribution in [2.45, 2.75) is 32.7 Å². The molecule has 5 heteroatoms. The minimum absolute atomic E-state index is 0.193. The van der Waals surface area contributed by atoms with Gasteiger partial charge in [-0.3, -0.25) is 0 Å². The molecule has 0 saturated heterocycles. The maximum absolute atomic E-state index is 11.8. The van der Waals surface area contributed by atoms with Gasteiger partial charge in [-0.05, 0) is 25.0 Å². The van der Waals surface area contributed by atoms with Crippen molar-refractivity contribution in [1.29, 1.82) is 0 Å². The second kappa shape index (κ2) is 6.52. The maximum Gasteiger partial charge on any atom is 0.212 e. The summed E-state index contributed by atoms with van der Waals surface area (Å²) >= 11 is 3.42. The fraction of sp³-hybridized carbons (Fsp3) is 0.500. The molecule has 0 saturated carbocycles. The molecule has 0 heterocycles. The van der Waals surface area contributed by atoms with Crippen molar-refractivity contribution in [3.05, 3.63) is 34.3 Å². The number of benzene rings is 1. The van der Waals surface area contributed by atoms with Crippen molar-refractivity contribution in [2.75, 3.05) is 5.75 Å². The number of unbranched alkanes of at least 4 members (excludes halogenated alkanes) is 1. The molecule has 1 aromatic carbocycles. The molecule has 0 bridgehead atoms. The van der Waals surface area contributed by atoms with Crippen LogP contribution in [0, 0.1) is 0 Å². The molecule has 0 aliphatic carbocycles. The van der Waals surface area contributed by atoms with Crippen LogP contribution in [0.2, 0.25) is 0 Å². The van der Waals surface area contributed by atoms with Gasteiger partial charge in [0.25, 0.3) is 0 Å². The van der Waals surface area contributed by atoms with Gasteiger partial charge in [-0.2, -0.15) is 0 Å². The van der Waals surface area contributed by atoms with E-state index in [1.807, 2.05) is 38.1 Å². The first kappa shape index (κ1) is 14.7. The smallest absolute Gasteiger partial charge is 0.212 e. The lowest BCUT2D eigenvalue weighted by molar-refractivity contribution is 0.563. The Kier molecular flexibility index (Phi) is 5.62. The van der Waals surface area contributed by atoms with Crippen LogP contribution in [-0.2, 0) is 10.0 Å². The Morgan fingerprint density at radius 1 is 1.35 bits per heavy atom. The number of hydrogen-bond acceptors (Lipinski definition) is 2. The molecular formula is C12H18BrNO2S. The monoisotopic (exact) mass is 319 g/mol. The Hall–Kier alpha value is -0.390. The second-order valence-corrected chi connectivity index (χ2v) is 6.76. The van der Waals surface area contributed by atoms with Crippen LogP contribution >= 0.6 is 15.9 Å². The van der Waals surface area contributed by atoms with E-state index in [-0.39, 0.29) is 11.8 Å². The van der Waals surface area contributed by atoms with E-state index in [4.69, 9.17) is 0 Å². The summed E-state index contributed by atoms with van der Waals surface area (Å²) in [7, 11) is -3.18. The Bertz CT molecular complexity index is 459. The highest BCUT2D eigenvalue weighted by atomic mass is 79.9. The first-order valence-electron chi connectivity index (χ1n) is 5.70. The first-order chi connectivity index (χ1) is 7.96. The van der Waals surface area contributed by atoms with Crippen LogP contribution in [-0.4, -0.2) is 14.2 Å². The van der Waals surface area contributed by atoms with Gasteiger partial charge in [-0.15, -0.1) is 0 Å². The molecule has 0 aromatic heterocycles. The van der Waals surface area contributed by atoms with Crippen LogP contribution in [0.5, 0.6) is 0 Å². The summed E-state index contributed by atoms with van der Waals surface area (Å²) in [5, 5.41) is 0. The number of hydrogen-bond donors (Lipinski definition) is 1. The van der Waals surface area contributed by atoms with Crippen LogP contribution in [0.25, 0.3) is 0 Å². The van der Waals surface area contributed by atoms with Gasteiger partial charge >= 0.3 is 0 Å². The van der Waals surface area contributed by atoms with Gasteiger partial charge in [0.1, 0.15) is 0 Å². The zero-order valence-electron chi connectivity index (χ0n) is 10.1. The minimum atomic E-state index is -3.18. The lowest BCUT2D eigenvalue weighted by Gasteiger charge is -2.15. The molecule has 17 heavy (non-hydrogen) atoms. The van der Waals surface area contributed by atoms with Gasteiger partial charge in [0.2, 0.25) is 10.0 Å². The number of halogens is 1. The topological polar surface area (TPSA) is 46.2 Å². The highest BCUT2D eigenvalue weighted by molar-refractivity contribution is 9.10. The van der Waals surface area contributed by atoms with Gasteiger partial charge in [0.05, 0.1) is 5.75 Å². The summed E-state index contributed by atoms with van der Waals surface area (Å²) in [4.78, 5) is 0. The molecule has 0 spiro atoms. The molecule has 0 unspecified atom stereocenters. The predicted molar refractivity (Wildman–Crippen MR) is 74.4 cm³/mol. The number of rotatable bonds is 6. The van der Waals surface area contributed by atoms with Gasteiger partial charge < -0.3 is 0 Å². The van der Waals surface area contributed by atoms with Crippen LogP contribution in [0.3, 0.4) is 0 Å². The molecule has 96 valence electrons. The van der Waals surface area contributed by atoms with Gasteiger partial charge in [0.15, 0.2) is 0 Å². The molecule has 0 radical (unpaired) electrons. The molecule has 1 atom stereocenters. The van der Waals surface area contributed by atoms with E-state index in [1.165, 1.54) is 0 Å². The van der Waals surface area contributed by atoms with Crippen molar-refractivity contribution < 1.29 is 8.42 Å². The molecular weight excluding hydrogens is 302 g/mol. The van der Waals surface area contributed by atoms with E-state index in [1.54, 1.807) is 0 Å². The Morgan fingerprint density at radius 3 is 2.59 bits per heavy atom.